The van der Waals surface area contributed by atoms with Gasteiger partial charge < -0.3 is 14.4 Å². The number of amides is 1. The first-order chi connectivity index (χ1) is 11.0. The van der Waals surface area contributed by atoms with E-state index in [1.54, 1.807) is 6.92 Å². The molecule has 6 heteroatoms. The molecule has 1 amide bonds. The molecule has 1 fully saturated rings. The Hall–Kier alpha value is -2.37. The Kier molecular flexibility index (Phi) is 5.36. The van der Waals surface area contributed by atoms with Crippen LogP contribution in [0.1, 0.15) is 25.3 Å². The molecular weight excluding hydrogens is 298 g/mol. The van der Waals surface area contributed by atoms with E-state index in [0.717, 1.165) is 5.56 Å². The van der Waals surface area contributed by atoms with Crippen molar-refractivity contribution in [2.75, 3.05) is 20.2 Å². The van der Waals surface area contributed by atoms with Gasteiger partial charge >= 0.3 is 12.1 Å². The molecule has 1 aliphatic heterocycles. The number of carbonyl (C=O) groups is 3. The lowest BCUT2D eigenvalue weighted by atomic mass is 9.76. The third kappa shape index (κ3) is 3.52. The number of Topliss-reactive ketones (excluding diaryl/α,β-unsaturated/α-hetero) is 1. The van der Waals surface area contributed by atoms with Crippen LogP contribution in [-0.2, 0) is 25.7 Å². The molecule has 0 bridgehead atoms. The predicted octanol–water partition coefficient (Wildman–Crippen LogP) is 2.17. The summed E-state index contributed by atoms with van der Waals surface area (Å²) in [6.45, 7) is 2.16. The van der Waals surface area contributed by atoms with Gasteiger partial charge in [-0.25, -0.2) is 4.79 Å². The van der Waals surface area contributed by atoms with Crippen LogP contribution < -0.4 is 0 Å². The number of likely N-dealkylation sites (tertiary alicyclic amines) is 1. The van der Waals surface area contributed by atoms with Gasteiger partial charge in [0.1, 0.15) is 12.0 Å². The van der Waals surface area contributed by atoms with Crippen molar-refractivity contribution >= 4 is 17.8 Å². The Balaban J connectivity index is 2.04. The minimum atomic E-state index is -1.28. The van der Waals surface area contributed by atoms with Crippen LogP contribution in [-0.4, -0.2) is 42.9 Å². The van der Waals surface area contributed by atoms with Gasteiger partial charge in [-0.3, -0.25) is 9.59 Å². The number of methoxy groups -OCH3 is 1. The molecule has 124 valence electrons. The summed E-state index contributed by atoms with van der Waals surface area (Å²) in [5.41, 5.74) is -0.401. The molecule has 1 atom stereocenters. The first kappa shape index (κ1) is 17.0. The Morgan fingerprint density at radius 2 is 1.96 bits per heavy atom. The van der Waals surface area contributed by atoms with Crippen LogP contribution in [0.25, 0.3) is 0 Å². The maximum atomic E-state index is 12.2. The number of ether oxygens (including phenoxy) is 2. The highest BCUT2D eigenvalue weighted by Gasteiger charge is 2.50. The molecular formula is C17H21NO5. The summed E-state index contributed by atoms with van der Waals surface area (Å²) >= 11 is 0. The zero-order valence-corrected chi connectivity index (χ0v) is 13.4. The molecule has 1 aromatic rings. The topological polar surface area (TPSA) is 72.9 Å². The smallest absolute Gasteiger partial charge is 0.410 e. The third-order valence-corrected chi connectivity index (χ3v) is 4.25. The van der Waals surface area contributed by atoms with Crippen molar-refractivity contribution in [3.8, 4) is 0 Å². The van der Waals surface area contributed by atoms with E-state index in [0.29, 0.717) is 6.42 Å². The second-order valence-electron chi connectivity index (χ2n) is 5.56. The summed E-state index contributed by atoms with van der Waals surface area (Å²) in [5, 5.41) is 0. The van der Waals surface area contributed by atoms with E-state index in [1.807, 2.05) is 30.3 Å². The zero-order valence-electron chi connectivity index (χ0n) is 13.4. The molecule has 0 N–H and O–H groups in total. The van der Waals surface area contributed by atoms with Crippen molar-refractivity contribution in [3.63, 3.8) is 0 Å². The fourth-order valence-electron chi connectivity index (χ4n) is 2.76. The highest BCUT2D eigenvalue weighted by atomic mass is 16.6. The molecule has 2 rings (SSSR count). The van der Waals surface area contributed by atoms with Crippen molar-refractivity contribution in [1.82, 2.24) is 4.90 Å². The fraction of sp³-hybridized carbons (Fsp3) is 0.471. The van der Waals surface area contributed by atoms with E-state index in [-0.39, 0.29) is 31.9 Å². The van der Waals surface area contributed by atoms with E-state index in [9.17, 15) is 14.4 Å². The van der Waals surface area contributed by atoms with Gasteiger partial charge in [-0.1, -0.05) is 37.3 Å². The number of piperidine rings is 1. The Morgan fingerprint density at radius 3 is 2.57 bits per heavy atom. The van der Waals surface area contributed by atoms with Gasteiger partial charge in [0.25, 0.3) is 0 Å². The predicted molar refractivity (Wildman–Crippen MR) is 82.6 cm³/mol. The van der Waals surface area contributed by atoms with Crippen molar-refractivity contribution in [1.29, 1.82) is 0 Å². The number of nitrogens with zero attached hydrogens (tertiary/aromatic N) is 1. The third-order valence-electron chi connectivity index (χ3n) is 4.25. The van der Waals surface area contributed by atoms with Crippen LogP contribution in [0, 0.1) is 5.41 Å². The van der Waals surface area contributed by atoms with Crippen LogP contribution in [0.15, 0.2) is 30.3 Å². The maximum Gasteiger partial charge on any atom is 0.410 e. The van der Waals surface area contributed by atoms with Crippen molar-refractivity contribution in [2.45, 2.75) is 26.4 Å². The van der Waals surface area contributed by atoms with Crippen molar-refractivity contribution in [3.05, 3.63) is 35.9 Å². The van der Waals surface area contributed by atoms with E-state index in [1.165, 1.54) is 12.0 Å². The van der Waals surface area contributed by atoms with Crippen LogP contribution in [0.4, 0.5) is 4.79 Å². The van der Waals surface area contributed by atoms with E-state index >= 15 is 0 Å². The molecule has 0 saturated carbocycles. The number of esters is 1. The molecule has 0 unspecified atom stereocenters. The summed E-state index contributed by atoms with van der Waals surface area (Å²) in [6, 6.07) is 9.33. The van der Waals surface area contributed by atoms with Crippen LogP contribution >= 0.6 is 0 Å². The van der Waals surface area contributed by atoms with E-state index < -0.39 is 17.5 Å². The standard InChI is InChI=1S/C17H21NO5/c1-3-17(15(20)22-2)12-18(10-9-14(17)19)16(21)23-11-13-7-5-4-6-8-13/h4-8H,3,9-12H2,1-2H3/t17-/m1/s1. The molecule has 0 spiro atoms. The molecule has 0 aliphatic carbocycles. The zero-order chi connectivity index (χ0) is 16.9. The summed E-state index contributed by atoms with van der Waals surface area (Å²) in [5.74, 6) is -0.774. The quantitative estimate of drug-likeness (QED) is 0.628. The SMILES string of the molecule is CC[C@@]1(C(=O)OC)CN(C(=O)OCc2ccccc2)CCC1=O. The summed E-state index contributed by atoms with van der Waals surface area (Å²) < 4.78 is 10.1. The minimum Gasteiger partial charge on any atom is -0.468 e. The van der Waals surface area contributed by atoms with Gasteiger partial charge in [-0.15, -0.1) is 0 Å². The number of benzene rings is 1. The van der Waals surface area contributed by atoms with Gasteiger partial charge in [-0.05, 0) is 12.0 Å². The number of hydrogen-bond donors (Lipinski definition) is 0. The summed E-state index contributed by atoms with van der Waals surface area (Å²) in [6.07, 6.45) is -0.104. The lowest BCUT2D eigenvalue weighted by Crippen LogP contribution is -2.55. The monoisotopic (exact) mass is 319 g/mol. The Bertz CT molecular complexity index is 576. The molecule has 1 heterocycles. The largest absolute Gasteiger partial charge is 0.468 e. The van der Waals surface area contributed by atoms with E-state index in [4.69, 9.17) is 9.47 Å². The highest BCUT2D eigenvalue weighted by molar-refractivity contribution is 6.05. The average molecular weight is 319 g/mol. The van der Waals surface area contributed by atoms with E-state index in [2.05, 4.69) is 0 Å². The second-order valence-corrected chi connectivity index (χ2v) is 5.56. The summed E-state index contributed by atoms with van der Waals surface area (Å²) in [4.78, 5) is 37.9. The number of ketones is 1. The molecule has 1 aliphatic rings. The average Bonchev–Trinajstić information content (AvgIpc) is 2.60. The lowest BCUT2D eigenvalue weighted by Gasteiger charge is -2.38. The molecule has 23 heavy (non-hydrogen) atoms. The minimum absolute atomic E-state index is 0.00261. The van der Waals surface area contributed by atoms with Crippen molar-refractivity contribution in [2.24, 2.45) is 5.41 Å². The maximum absolute atomic E-state index is 12.2. The van der Waals surface area contributed by atoms with Crippen LogP contribution in [0.5, 0.6) is 0 Å². The molecule has 1 saturated heterocycles. The first-order valence-electron chi connectivity index (χ1n) is 7.61. The molecule has 6 nitrogen and oxygen atoms in total. The van der Waals surface area contributed by atoms with Crippen LogP contribution in [0.3, 0.4) is 0 Å². The molecule has 0 radical (unpaired) electrons. The van der Waals surface area contributed by atoms with Crippen LogP contribution in [0.2, 0.25) is 0 Å². The van der Waals surface area contributed by atoms with Gasteiger partial charge in [0.2, 0.25) is 0 Å². The lowest BCUT2D eigenvalue weighted by molar-refractivity contribution is -0.161. The van der Waals surface area contributed by atoms with Gasteiger partial charge in [-0.2, -0.15) is 0 Å². The fourth-order valence-corrected chi connectivity index (χ4v) is 2.76. The second kappa shape index (κ2) is 7.26. The Labute approximate surface area is 135 Å². The van der Waals surface area contributed by atoms with Crippen molar-refractivity contribution < 1.29 is 23.9 Å². The Morgan fingerprint density at radius 1 is 1.26 bits per heavy atom. The summed E-state index contributed by atoms with van der Waals surface area (Å²) in [7, 11) is 1.25. The number of rotatable bonds is 4. The first-order valence-corrected chi connectivity index (χ1v) is 7.61. The number of hydrogen-bond acceptors (Lipinski definition) is 5. The van der Waals surface area contributed by atoms with Gasteiger partial charge in [0.15, 0.2) is 5.78 Å². The number of carbonyl (C=O) groups excluding carboxylic acids is 3. The molecule has 0 aromatic heterocycles. The molecule has 1 aromatic carbocycles. The normalized spacial score (nSPS) is 21.0. The highest BCUT2D eigenvalue weighted by Crippen LogP contribution is 2.32. The van der Waals surface area contributed by atoms with Gasteiger partial charge in [0.05, 0.1) is 7.11 Å². The van der Waals surface area contributed by atoms with Gasteiger partial charge in [0, 0.05) is 19.5 Å².